The van der Waals surface area contributed by atoms with Gasteiger partial charge in [0.1, 0.15) is 17.3 Å². The lowest BCUT2D eigenvalue weighted by molar-refractivity contribution is 0.289. The average molecular weight is 244 g/mol. The van der Waals surface area contributed by atoms with E-state index in [1.165, 1.54) is 6.07 Å². The molecule has 0 aliphatic carbocycles. The Hall–Kier alpha value is -2.03. The van der Waals surface area contributed by atoms with Crippen LogP contribution >= 0.6 is 0 Å². The van der Waals surface area contributed by atoms with Crippen molar-refractivity contribution in [3.05, 3.63) is 47.8 Å². The van der Waals surface area contributed by atoms with E-state index in [1.807, 2.05) is 18.2 Å². The summed E-state index contributed by atoms with van der Waals surface area (Å²) in [6, 6.07) is 9.91. The molecule has 18 heavy (non-hydrogen) atoms. The number of halogens is 1. The second kappa shape index (κ2) is 4.33. The summed E-state index contributed by atoms with van der Waals surface area (Å²) in [6.45, 7) is 0.686. The van der Waals surface area contributed by atoms with Crippen molar-refractivity contribution in [2.24, 2.45) is 0 Å². The van der Waals surface area contributed by atoms with E-state index in [9.17, 15) is 9.50 Å². The lowest BCUT2D eigenvalue weighted by atomic mass is 9.97. The minimum Gasteiger partial charge on any atom is -0.508 e. The maximum atomic E-state index is 13.3. The van der Waals surface area contributed by atoms with Crippen LogP contribution in [-0.4, -0.2) is 11.7 Å². The predicted octanol–water partition coefficient (Wildman–Crippen LogP) is 3.52. The van der Waals surface area contributed by atoms with Crippen molar-refractivity contribution in [2.75, 3.05) is 6.61 Å². The van der Waals surface area contributed by atoms with Gasteiger partial charge in [-0.2, -0.15) is 0 Å². The van der Waals surface area contributed by atoms with Crippen LogP contribution in [0.15, 0.2) is 36.4 Å². The van der Waals surface area contributed by atoms with E-state index in [2.05, 4.69) is 0 Å². The van der Waals surface area contributed by atoms with Crippen LogP contribution in [-0.2, 0) is 6.42 Å². The summed E-state index contributed by atoms with van der Waals surface area (Å²) in [7, 11) is 0. The number of rotatable bonds is 1. The summed E-state index contributed by atoms with van der Waals surface area (Å²) in [5.74, 6) is 0.297. The summed E-state index contributed by atoms with van der Waals surface area (Å²) < 4.78 is 19.0. The first kappa shape index (κ1) is 11.1. The van der Waals surface area contributed by atoms with Gasteiger partial charge < -0.3 is 9.84 Å². The zero-order chi connectivity index (χ0) is 12.5. The zero-order valence-electron chi connectivity index (χ0n) is 9.82. The maximum absolute atomic E-state index is 13.3. The van der Waals surface area contributed by atoms with Crippen molar-refractivity contribution in [3.8, 4) is 22.6 Å². The minimum absolute atomic E-state index is 0.0709. The van der Waals surface area contributed by atoms with Crippen molar-refractivity contribution < 1.29 is 14.2 Å². The number of phenolic OH excluding ortho intramolecular Hbond substituents is 1. The van der Waals surface area contributed by atoms with E-state index in [0.717, 1.165) is 35.8 Å². The molecule has 1 heterocycles. The van der Waals surface area contributed by atoms with Crippen molar-refractivity contribution in [1.82, 2.24) is 0 Å². The number of fused-ring (bicyclic) bond motifs is 1. The van der Waals surface area contributed by atoms with Gasteiger partial charge in [-0.25, -0.2) is 4.39 Å². The molecule has 0 radical (unpaired) electrons. The molecule has 2 aromatic rings. The molecule has 2 aromatic carbocycles. The molecule has 0 atom stereocenters. The molecule has 0 unspecified atom stereocenters. The Kier molecular flexibility index (Phi) is 2.67. The lowest BCUT2D eigenvalue weighted by Gasteiger charge is -2.20. The van der Waals surface area contributed by atoms with Crippen LogP contribution in [0.3, 0.4) is 0 Å². The number of benzene rings is 2. The third-order valence-corrected chi connectivity index (χ3v) is 3.13. The highest BCUT2D eigenvalue weighted by molar-refractivity contribution is 5.73. The summed E-state index contributed by atoms with van der Waals surface area (Å²) in [4.78, 5) is 0. The quantitative estimate of drug-likeness (QED) is 0.831. The molecule has 0 amide bonds. The molecule has 92 valence electrons. The fourth-order valence-corrected chi connectivity index (χ4v) is 2.35. The Bertz CT molecular complexity index is 573. The molecule has 1 N–H and O–H groups in total. The summed E-state index contributed by atoms with van der Waals surface area (Å²) in [5.41, 5.74) is 2.62. The van der Waals surface area contributed by atoms with Gasteiger partial charge in [0.25, 0.3) is 0 Å². The van der Waals surface area contributed by atoms with E-state index in [-0.39, 0.29) is 5.75 Å². The Morgan fingerprint density at radius 1 is 1.17 bits per heavy atom. The largest absolute Gasteiger partial charge is 0.508 e. The first-order valence-electron chi connectivity index (χ1n) is 5.99. The standard InChI is InChI=1S/C15H13FO2/c16-12-7-11(8-13(17)9-12)14-5-1-3-10-4-2-6-18-15(10)14/h1,3,5,7-9,17H,2,4,6H2. The molecule has 0 spiro atoms. The molecular formula is C15H13FO2. The first-order valence-corrected chi connectivity index (χ1v) is 5.99. The Morgan fingerprint density at radius 3 is 2.89 bits per heavy atom. The third kappa shape index (κ3) is 1.92. The van der Waals surface area contributed by atoms with Crippen molar-refractivity contribution in [2.45, 2.75) is 12.8 Å². The Balaban J connectivity index is 2.16. The number of phenols is 1. The van der Waals surface area contributed by atoms with E-state index in [1.54, 1.807) is 6.07 Å². The smallest absolute Gasteiger partial charge is 0.130 e. The van der Waals surface area contributed by atoms with Crippen molar-refractivity contribution >= 4 is 0 Å². The van der Waals surface area contributed by atoms with Gasteiger partial charge in [0.2, 0.25) is 0 Å². The van der Waals surface area contributed by atoms with Gasteiger partial charge in [-0.3, -0.25) is 0 Å². The summed E-state index contributed by atoms with van der Waals surface area (Å²) in [6.07, 6.45) is 1.98. The molecule has 1 aliphatic rings. The molecule has 0 saturated carbocycles. The molecule has 0 bridgehead atoms. The molecular weight excluding hydrogens is 231 g/mol. The van der Waals surface area contributed by atoms with E-state index in [0.29, 0.717) is 12.2 Å². The van der Waals surface area contributed by atoms with E-state index < -0.39 is 5.82 Å². The highest BCUT2D eigenvalue weighted by Gasteiger charge is 2.16. The molecule has 0 fully saturated rings. The van der Waals surface area contributed by atoms with Crippen LogP contribution in [0, 0.1) is 5.82 Å². The van der Waals surface area contributed by atoms with Gasteiger partial charge in [-0.15, -0.1) is 0 Å². The van der Waals surface area contributed by atoms with Gasteiger partial charge in [0.15, 0.2) is 0 Å². The lowest BCUT2D eigenvalue weighted by Crippen LogP contribution is -2.09. The second-order valence-corrected chi connectivity index (χ2v) is 4.44. The molecule has 1 aliphatic heterocycles. The number of ether oxygens (including phenoxy) is 1. The van der Waals surface area contributed by atoms with Crippen LogP contribution in [0.4, 0.5) is 4.39 Å². The molecule has 0 saturated heterocycles. The molecule has 3 rings (SSSR count). The van der Waals surface area contributed by atoms with Crippen LogP contribution < -0.4 is 4.74 Å². The van der Waals surface area contributed by atoms with Crippen LogP contribution in [0.5, 0.6) is 11.5 Å². The van der Waals surface area contributed by atoms with E-state index in [4.69, 9.17) is 4.74 Å². The zero-order valence-corrected chi connectivity index (χ0v) is 9.82. The highest BCUT2D eigenvalue weighted by Crippen LogP contribution is 2.37. The number of hydrogen-bond acceptors (Lipinski definition) is 2. The topological polar surface area (TPSA) is 29.5 Å². The monoisotopic (exact) mass is 244 g/mol. The van der Waals surface area contributed by atoms with Gasteiger partial charge in [-0.1, -0.05) is 18.2 Å². The van der Waals surface area contributed by atoms with Gasteiger partial charge >= 0.3 is 0 Å². The van der Waals surface area contributed by atoms with Crippen LogP contribution in [0.2, 0.25) is 0 Å². The molecule has 2 nitrogen and oxygen atoms in total. The fourth-order valence-electron chi connectivity index (χ4n) is 2.35. The number of aryl methyl sites for hydroxylation is 1. The van der Waals surface area contributed by atoms with Crippen LogP contribution in [0.1, 0.15) is 12.0 Å². The summed E-state index contributed by atoms with van der Waals surface area (Å²) >= 11 is 0. The van der Waals surface area contributed by atoms with Crippen LogP contribution in [0.25, 0.3) is 11.1 Å². The fraction of sp³-hybridized carbons (Fsp3) is 0.200. The maximum Gasteiger partial charge on any atom is 0.130 e. The number of para-hydroxylation sites is 1. The second-order valence-electron chi connectivity index (χ2n) is 4.44. The predicted molar refractivity (Wildman–Crippen MR) is 67.3 cm³/mol. The minimum atomic E-state index is -0.446. The Labute approximate surface area is 105 Å². The highest BCUT2D eigenvalue weighted by atomic mass is 19.1. The van der Waals surface area contributed by atoms with Crippen molar-refractivity contribution in [1.29, 1.82) is 0 Å². The van der Waals surface area contributed by atoms with Gasteiger partial charge in [0, 0.05) is 11.6 Å². The van der Waals surface area contributed by atoms with Crippen molar-refractivity contribution in [3.63, 3.8) is 0 Å². The SMILES string of the molecule is Oc1cc(F)cc(-c2cccc3c2OCCC3)c1. The molecule has 0 aromatic heterocycles. The number of aromatic hydroxyl groups is 1. The van der Waals surface area contributed by atoms with Gasteiger partial charge in [0.05, 0.1) is 6.61 Å². The number of hydrogen-bond donors (Lipinski definition) is 1. The molecule has 3 heteroatoms. The average Bonchev–Trinajstić information content (AvgIpc) is 2.37. The normalized spacial score (nSPS) is 13.8. The third-order valence-electron chi connectivity index (χ3n) is 3.13. The summed E-state index contributed by atoms with van der Waals surface area (Å²) in [5, 5.41) is 9.48. The van der Waals surface area contributed by atoms with E-state index >= 15 is 0 Å². The van der Waals surface area contributed by atoms with Gasteiger partial charge in [-0.05, 0) is 36.1 Å². The first-order chi connectivity index (χ1) is 8.74. The Morgan fingerprint density at radius 2 is 2.06 bits per heavy atom.